The minimum Gasteiger partial charge on any atom is -0.505 e. The van der Waals surface area contributed by atoms with Crippen molar-refractivity contribution >= 4 is 27.8 Å². The van der Waals surface area contributed by atoms with Gasteiger partial charge in [0.25, 0.3) is 5.56 Å². The quantitative estimate of drug-likeness (QED) is 0.517. The molecule has 0 saturated carbocycles. The third-order valence-corrected chi connectivity index (χ3v) is 3.88. The van der Waals surface area contributed by atoms with Crippen molar-refractivity contribution in [3.8, 4) is 17.2 Å². The van der Waals surface area contributed by atoms with Gasteiger partial charge in [-0.15, -0.1) is 0 Å². The third kappa shape index (κ3) is 2.53. The van der Waals surface area contributed by atoms with Crippen molar-refractivity contribution in [3.63, 3.8) is 0 Å². The Hall–Kier alpha value is -3.81. The van der Waals surface area contributed by atoms with Crippen molar-refractivity contribution in [2.75, 3.05) is 0 Å². The molecule has 0 spiro atoms. The minimum atomic E-state index is -1.42. The smallest absolute Gasteiger partial charge is 0.356 e. The summed E-state index contributed by atoms with van der Waals surface area (Å²) < 4.78 is 11.2. The number of aromatic amines is 1. The monoisotopic (exact) mass is 352 g/mol. The Labute approximate surface area is 145 Å². The number of pyridine rings is 1. The van der Waals surface area contributed by atoms with E-state index in [1.807, 2.05) is 0 Å². The first kappa shape index (κ1) is 15.7. The lowest BCUT2D eigenvalue weighted by atomic mass is 10.1. The van der Waals surface area contributed by atoms with E-state index in [0.29, 0.717) is 28.5 Å². The number of aryl methyl sites for hydroxylation is 1. The predicted octanol–water partition coefficient (Wildman–Crippen LogP) is 3.17. The van der Waals surface area contributed by atoms with Gasteiger partial charge in [-0.05, 0) is 30.3 Å². The van der Waals surface area contributed by atoms with Gasteiger partial charge < -0.3 is 24.4 Å². The highest BCUT2D eigenvalue weighted by molar-refractivity contribution is 5.98. The highest BCUT2D eigenvalue weighted by Gasteiger charge is 2.16. The number of benzene rings is 2. The fourth-order valence-corrected chi connectivity index (χ4v) is 2.73. The molecular weight excluding hydrogens is 340 g/mol. The van der Waals surface area contributed by atoms with Crippen LogP contribution >= 0.6 is 0 Å². The zero-order valence-electron chi connectivity index (χ0n) is 13.4. The van der Waals surface area contributed by atoms with E-state index in [4.69, 9.17) is 14.3 Å². The number of hydrogen-bond donors (Lipinski definition) is 3. The number of hydrogen-bond acceptors (Lipinski definition) is 6. The summed E-state index contributed by atoms with van der Waals surface area (Å²) in [5.74, 6) is -0.550. The number of fused-ring (bicyclic) bond motifs is 2. The zero-order valence-corrected chi connectivity index (χ0v) is 13.4. The Morgan fingerprint density at radius 1 is 1.15 bits per heavy atom. The summed E-state index contributed by atoms with van der Waals surface area (Å²) in [5, 5.41) is 19.3. The van der Waals surface area contributed by atoms with E-state index in [2.05, 4.69) is 9.97 Å². The molecule has 4 rings (SSSR count). The Morgan fingerprint density at radius 2 is 1.88 bits per heavy atom. The molecule has 0 atom stereocenters. The number of carboxylic acid groups (broad SMARTS) is 1. The SMILES string of the molecule is Cc1nc2ccc(Oc3ccc4c(O)c(C(=O)O)[nH]c(=O)c4c3)cc2o1. The molecule has 0 unspecified atom stereocenters. The van der Waals surface area contributed by atoms with Crippen LogP contribution in [0, 0.1) is 6.92 Å². The lowest BCUT2D eigenvalue weighted by Gasteiger charge is -2.08. The maximum atomic E-state index is 12.1. The van der Waals surface area contributed by atoms with Crippen molar-refractivity contribution in [2.45, 2.75) is 6.92 Å². The number of ether oxygens (including phenoxy) is 1. The average molecular weight is 352 g/mol. The van der Waals surface area contributed by atoms with E-state index < -0.39 is 23.0 Å². The topological polar surface area (TPSA) is 126 Å². The Kier molecular flexibility index (Phi) is 3.40. The van der Waals surface area contributed by atoms with E-state index >= 15 is 0 Å². The van der Waals surface area contributed by atoms with Gasteiger partial charge >= 0.3 is 5.97 Å². The van der Waals surface area contributed by atoms with E-state index in [0.717, 1.165) is 0 Å². The molecule has 0 bridgehead atoms. The molecule has 8 heteroatoms. The first-order valence-electron chi connectivity index (χ1n) is 7.60. The molecule has 0 aliphatic carbocycles. The summed E-state index contributed by atoms with van der Waals surface area (Å²) in [6.07, 6.45) is 0. The van der Waals surface area contributed by atoms with Crippen LogP contribution in [0.15, 0.2) is 45.6 Å². The van der Waals surface area contributed by atoms with Gasteiger partial charge in [-0.3, -0.25) is 4.79 Å². The Bertz CT molecular complexity index is 1240. The molecule has 2 heterocycles. The third-order valence-electron chi connectivity index (χ3n) is 3.88. The standard InChI is InChI=1S/C18H12N2O6/c1-8-19-13-5-3-10(7-14(13)25-8)26-9-2-4-11-12(6-9)17(22)20-15(16(11)21)18(23)24/h2-7,21H,1H3,(H,20,22)(H,23,24). The average Bonchev–Trinajstić information content (AvgIpc) is 2.97. The number of nitrogens with zero attached hydrogens (tertiary/aromatic N) is 1. The van der Waals surface area contributed by atoms with Gasteiger partial charge in [0.15, 0.2) is 22.9 Å². The molecule has 0 aliphatic heterocycles. The van der Waals surface area contributed by atoms with Crippen molar-refractivity contribution in [1.82, 2.24) is 9.97 Å². The van der Waals surface area contributed by atoms with Gasteiger partial charge in [-0.2, -0.15) is 0 Å². The summed E-state index contributed by atoms with van der Waals surface area (Å²) in [6, 6.07) is 9.52. The first-order valence-corrected chi connectivity index (χ1v) is 7.60. The fraction of sp³-hybridized carbons (Fsp3) is 0.0556. The first-order chi connectivity index (χ1) is 12.4. The molecule has 2 aromatic heterocycles. The fourth-order valence-electron chi connectivity index (χ4n) is 2.73. The molecule has 0 aliphatic rings. The molecule has 130 valence electrons. The number of nitrogens with one attached hydrogen (secondary N) is 1. The minimum absolute atomic E-state index is 0.113. The van der Waals surface area contributed by atoms with Crippen LogP contribution in [-0.4, -0.2) is 26.2 Å². The summed E-state index contributed by atoms with van der Waals surface area (Å²) in [5.41, 5.74) is 0.0857. The highest BCUT2D eigenvalue weighted by atomic mass is 16.5. The molecule has 3 N–H and O–H groups in total. The summed E-state index contributed by atoms with van der Waals surface area (Å²) in [6.45, 7) is 1.74. The van der Waals surface area contributed by atoms with Crippen molar-refractivity contribution < 1.29 is 24.2 Å². The van der Waals surface area contributed by atoms with Crippen LogP contribution in [-0.2, 0) is 0 Å². The van der Waals surface area contributed by atoms with E-state index in [1.165, 1.54) is 18.2 Å². The van der Waals surface area contributed by atoms with Crippen molar-refractivity contribution in [2.24, 2.45) is 0 Å². The van der Waals surface area contributed by atoms with Gasteiger partial charge in [-0.1, -0.05) is 0 Å². The second-order valence-corrected chi connectivity index (χ2v) is 5.65. The second-order valence-electron chi connectivity index (χ2n) is 5.65. The molecule has 26 heavy (non-hydrogen) atoms. The molecule has 4 aromatic rings. The van der Waals surface area contributed by atoms with Crippen LogP contribution in [0.25, 0.3) is 21.9 Å². The number of oxazole rings is 1. The van der Waals surface area contributed by atoms with Gasteiger partial charge in [0.1, 0.15) is 17.0 Å². The largest absolute Gasteiger partial charge is 0.505 e. The number of carboxylic acids is 1. The number of carbonyl (C=O) groups is 1. The van der Waals surface area contributed by atoms with Gasteiger partial charge in [-0.25, -0.2) is 9.78 Å². The normalized spacial score (nSPS) is 11.1. The maximum absolute atomic E-state index is 12.1. The Morgan fingerprint density at radius 3 is 2.65 bits per heavy atom. The van der Waals surface area contributed by atoms with E-state index in [9.17, 15) is 14.7 Å². The van der Waals surface area contributed by atoms with Crippen molar-refractivity contribution in [1.29, 1.82) is 0 Å². The lowest BCUT2D eigenvalue weighted by molar-refractivity contribution is 0.0687. The molecular formula is C18H12N2O6. The van der Waals surface area contributed by atoms with Crippen LogP contribution in [0.3, 0.4) is 0 Å². The van der Waals surface area contributed by atoms with Crippen LogP contribution in [0.1, 0.15) is 16.4 Å². The molecule has 0 radical (unpaired) electrons. The lowest BCUT2D eigenvalue weighted by Crippen LogP contribution is -2.13. The molecule has 0 fully saturated rings. The van der Waals surface area contributed by atoms with Crippen LogP contribution in [0.5, 0.6) is 17.2 Å². The van der Waals surface area contributed by atoms with Gasteiger partial charge in [0.2, 0.25) is 0 Å². The van der Waals surface area contributed by atoms with Gasteiger partial charge in [0, 0.05) is 18.4 Å². The second kappa shape index (κ2) is 5.62. The molecule has 0 saturated heterocycles. The predicted molar refractivity (Wildman–Crippen MR) is 92.0 cm³/mol. The van der Waals surface area contributed by atoms with Crippen LogP contribution < -0.4 is 10.3 Å². The summed E-state index contributed by atoms with van der Waals surface area (Å²) in [7, 11) is 0. The molecule has 8 nitrogen and oxygen atoms in total. The zero-order chi connectivity index (χ0) is 18.4. The molecule has 2 aromatic carbocycles. The summed E-state index contributed by atoms with van der Waals surface area (Å²) in [4.78, 5) is 29.6. The number of H-pyrrole nitrogens is 1. The number of aromatic hydroxyl groups is 1. The van der Waals surface area contributed by atoms with Crippen molar-refractivity contribution in [3.05, 3.63) is 58.3 Å². The van der Waals surface area contributed by atoms with Crippen LogP contribution in [0.2, 0.25) is 0 Å². The number of aromatic carboxylic acids is 1. The van der Waals surface area contributed by atoms with Crippen LogP contribution in [0.4, 0.5) is 0 Å². The number of rotatable bonds is 3. The highest BCUT2D eigenvalue weighted by Crippen LogP contribution is 2.31. The van der Waals surface area contributed by atoms with Gasteiger partial charge in [0.05, 0.1) is 5.39 Å². The van der Waals surface area contributed by atoms with E-state index in [1.54, 1.807) is 25.1 Å². The summed E-state index contributed by atoms with van der Waals surface area (Å²) >= 11 is 0. The van der Waals surface area contributed by atoms with E-state index in [-0.39, 0.29) is 10.8 Å². The Balaban J connectivity index is 1.77. The number of aromatic nitrogens is 2. The maximum Gasteiger partial charge on any atom is 0.356 e. The molecule has 0 amide bonds.